The molecule has 0 aliphatic rings. The van der Waals surface area contributed by atoms with E-state index in [1.54, 1.807) is 0 Å². The molecule has 0 unspecified atom stereocenters. The molecular formula is C12H15Br. The third-order valence-electron chi connectivity index (χ3n) is 1.37. The normalized spacial score (nSPS) is 10.2. The summed E-state index contributed by atoms with van der Waals surface area (Å²) >= 11 is 3.27. The highest BCUT2D eigenvalue weighted by Crippen LogP contribution is 1.99. The van der Waals surface area contributed by atoms with Crippen molar-refractivity contribution in [2.45, 2.75) is 13.8 Å². The second-order valence-electron chi connectivity index (χ2n) is 2.29. The highest BCUT2D eigenvalue weighted by atomic mass is 79.9. The van der Waals surface area contributed by atoms with Crippen molar-refractivity contribution < 1.29 is 0 Å². The third-order valence-corrected chi connectivity index (χ3v) is 1.60. The molecule has 0 atom stereocenters. The van der Waals surface area contributed by atoms with Crippen molar-refractivity contribution in [2.24, 2.45) is 0 Å². The Balaban J connectivity index is 0.000000671. The molecule has 0 N–H and O–H groups in total. The van der Waals surface area contributed by atoms with Crippen LogP contribution in [0.2, 0.25) is 0 Å². The maximum atomic E-state index is 3.88. The lowest BCUT2D eigenvalue weighted by Gasteiger charge is -1.86. The molecule has 1 aromatic rings. The Morgan fingerprint density at radius 2 is 1.85 bits per heavy atom. The van der Waals surface area contributed by atoms with Gasteiger partial charge < -0.3 is 0 Å². The molecular weight excluding hydrogens is 224 g/mol. The van der Waals surface area contributed by atoms with Gasteiger partial charge in [-0.15, -0.1) is 0 Å². The van der Waals surface area contributed by atoms with Crippen molar-refractivity contribution >= 4 is 28.6 Å². The van der Waals surface area contributed by atoms with E-state index in [-0.39, 0.29) is 0 Å². The van der Waals surface area contributed by atoms with Crippen LogP contribution in [-0.4, -0.2) is 0 Å². The summed E-state index contributed by atoms with van der Waals surface area (Å²) in [6.45, 7) is 11.6. The first-order valence-electron chi connectivity index (χ1n) is 4.30. The molecule has 13 heavy (non-hydrogen) atoms. The van der Waals surface area contributed by atoms with Gasteiger partial charge in [0.05, 0.1) is 0 Å². The highest BCUT2D eigenvalue weighted by molar-refractivity contribution is 9.12. The minimum Gasteiger partial charge on any atom is -0.0912 e. The van der Waals surface area contributed by atoms with Crippen LogP contribution in [0.3, 0.4) is 0 Å². The van der Waals surface area contributed by atoms with Gasteiger partial charge in [-0.25, -0.2) is 0 Å². The number of halogens is 1. The quantitative estimate of drug-likeness (QED) is 0.706. The maximum Gasteiger partial charge on any atom is 0.0109 e. The molecule has 0 aliphatic carbocycles. The average molecular weight is 239 g/mol. The first-order valence-corrected chi connectivity index (χ1v) is 5.09. The van der Waals surface area contributed by atoms with Gasteiger partial charge in [-0.3, -0.25) is 0 Å². The number of benzene rings is 1. The average Bonchev–Trinajstić information content (AvgIpc) is 2.12. The molecule has 0 heterocycles. The lowest BCUT2D eigenvalue weighted by molar-refractivity contribution is 1.50. The van der Waals surface area contributed by atoms with Gasteiger partial charge in [-0.2, -0.15) is 0 Å². The zero-order valence-electron chi connectivity index (χ0n) is 8.18. The lowest BCUT2D eigenvalue weighted by atomic mass is 10.2. The zero-order chi connectivity index (χ0) is 10.3. The van der Waals surface area contributed by atoms with Crippen LogP contribution in [-0.2, 0) is 0 Å². The van der Waals surface area contributed by atoms with Gasteiger partial charge in [0.15, 0.2) is 0 Å². The minimum atomic E-state index is 0.869. The molecule has 70 valence electrons. The van der Waals surface area contributed by atoms with E-state index in [1.807, 2.05) is 44.2 Å². The Hall–Kier alpha value is -0.820. The standard InChI is InChI=1S/C10H9Br.C2H6/c1-8-5-3-4-6-10(8)7-9(2)11;1-2/h3-7H,1-2H2;1-2H3/b10-7-;. The molecule has 0 spiro atoms. The topological polar surface area (TPSA) is 0 Å². The molecule has 0 aromatic heterocycles. The monoisotopic (exact) mass is 238 g/mol. The Bertz CT molecular complexity index is 363. The van der Waals surface area contributed by atoms with Crippen LogP contribution in [0.4, 0.5) is 0 Å². The summed E-state index contributed by atoms with van der Waals surface area (Å²) in [6, 6.07) is 7.93. The third kappa shape index (κ3) is 4.69. The van der Waals surface area contributed by atoms with E-state index in [0.717, 1.165) is 14.9 Å². The van der Waals surface area contributed by atoms with Gasteiger partial charge in [0.1, 0.15) is 0 Å². The SMILES string of the molecule is C=C(Br)/C=c1/ccccc1=C.CC. The number of allylic oxidation sites excluding steroid dienone is 1. The lowest BCUT2D eigenvalue weighted by Crippen LogP contribution is -2.21. The van der Waals surface area contributed by atoms with Crippen LogP contribution >= 0.6 is 15.9 Å². The van der Waals surface area contributed by atoms with E-state index in [4.69, 9.17) is 0 Å². The minimum absolute atomic E-state index is 0.869. The van der Waals surface area contributed by atoms with Crippen molar-refractivity contribution in [1.29, 1.82) is 0 Å². The van der Waals surface area contributed by atoms with Gasteiger partial charge in [0.2, 0.25) is 0 Å². The van der Waals surface area contributed by atoms with Crippen LogP contribution < -0.4 is 10.4 Å². The summed E-state index contributed by atoms with van der Waals surface area (Å²) in [6.07, 6.45) is 1.95. The van der Waals surface area contributed by atoms with Crippen molar-refractivity contribution in [3.63, 3.8) is 0 Å². The molecule has 0 radical (unpaired) electrons. The zero-order valence-corrected chi connectivity index (χ0v) is 9.76. The van der Waals surface area contributed by atoms with Crippen LogP contribution in [0.25, 0.3) is 12.7 Å². The predicted octanol–water partition coefficient (Wildman–Crippen LogP) is 2.81. The number of rotatable bonds is 1. The van der Waals surface area contributed by atoms with E-state index in [1.165, 1.54) is 0 Å². The van der Waals surface area contributed by atoms with E-state index >= 15 is 0 Å². The fourth-order valence-electron chi connectivity index (χ4n) is 0.844. The first-order chi connectivity index (χ1) is 6.20. The van der Waals surface area contributed by atoms with E-state index < -0.39 is 0 Å². The van der Waals surface area contributed by atoms with Crippen LogP contribution in [0.5, 0.6) is 0 Å². The highest BCUT2D eigenvalue weighted by Gasteiger charge is 1.80. The Kier molecular flexibility index (Phi) is 6.25. The van der Waals surface area contributed by atoms with Gasteiger partial charge in [0.25, 0.3) is 0 Å². The Morgan fingerprint density at radius 3 is 2.31 bits per heavy atom. The molecule has 0 amide bonds. The molecule has 0 bridgehead atoms. The maximum absolute atomic E-state index is 3.88. The van der Waals surface area contributed by atoms with E-state index in [9.17, 15) is 0 Å². The smallest absolute Gasteiger partial charge is 0.0109 e. The molecule has 0 fully saturated rings. The molecule has 1 aromatic carbocycles. The Morgan fingerprint density at radius 1 is 1.31 bits per heavy atom. The molecule has 1 rings (SSSR count). The van der Waals surface area contributed by atoms with E-state index in [0.29, 0.717) is 0 Å². The summed E-state index contributed by atoms with van der Waals surface area (Å²) in [4.78, 5) is 0. The summed E-state index contributed by atoms with van der Waals surface area (Å²) in [5, 5.41) is 2.13. The van der Waals surface area contributed by atoms with Crippen molar-refractivity contribution in [3.05, 3.63) is 45.8 Å². The van der Waals surface area contributed by atoms with Crippen molar-refractivity contribution in [1.82, 2.24) is 0 Å². The van der Waals surface area contributed by atoms with Crippen LogP contribution in [0.15, 0.2) is 35.3 Å². The fourth-order valence-corrected chi connectivity index (χ4v) is 1.09. The summed E-state index contributed by atoms with van der Waals surface area (Å²) in [7, 11) is 0. The van der Waals surface area contributed by atoms with Crippen LogP contribution in [0, 0.1) is 0 Å². The molecule has 0 aliphatic heterocycles. The molecule has 0 saturated heterocycles. The predicted molar refractivity (Wildman–Crippen MR) is 65.1 cm³/mol. The van der Waals surface area contributed by atoms with Crippen molar-refractivity contribution in [2.75, 3.05) is 0 Å². The summed E-state index contributed by atoms with van der Waals surface area (Å²) in [5.41, 5.74) is 0. The molecule has 0 saturated carbocycles. The van der Waals surface area contributed by atoms with E-state index in [2.05, 4.69) is 29.1 Å². The van der Waals surface area contributed by atoms with Gasteiger partial charge >= 0.3 is 0 Å². The van der Waals surface area contributed by atoms with Crippen molar-refractivity contribution in [3.8, 4) is 0 Å². The number of hydrogen-bond donors (Lipinski definition) is 0. The largest absolute Gasteiger partial charge is 0.0912 e. The van der Waals surface area contributed by atoms with Crippen LogP contribution in [0.1, 0.15) is 13.8 Å². The number of hydrogen-bond acceptors (Lipinski definition) is 0. The van der Waals surface area contributed by atoms with Gasteiger partial charge in [-0.05, 0) is 16.5 Å². The summed E-state index contributed by atoms with van der Waals surface area (Å²) in [5.74, 6) is 0. The van der Waals surface area contributed by atoms with Gasteiger partial charge in [-0.1, -0.05) is 67.2 Å². The molecule has 0 nitrogen and oxygen atoms in total. The fraction of sp³-hybridized carbons (Fsp3) is 0.167. The second-order valence-corrected chi connectivity index (χ2v) is 3.31. The first kappa shape index (κ1) is 12.2. The Labute approximate surface area is 88.4 Å². The second kappa shape index (κ2) is 6.67. The van der Waals surface area contributed by atoms with Gasteiger partial charge in [0, 0.05) is 4.48 Å². The molecule has 1 heteroatoms. The summed E-state index contributed by atoms with van der Waals surface area (Å²) < 4.78 is 0.869.